The zero-order chi connectivity index (χ0) is 14.0. The number of phenolic OH excluding ortho intramolecular Hbond substituents is 1. The van der Waals surface area contributed by atoms with Crippen LogP contribution >= 0.6 is 11.6 Å². The molecule has 0 aliphatic heterocycles. The van der Waals surface area contributed by atoms with Crippen LogP contribution < -0.4 is 11.1 Å². The van der Waals surface area contributed by atoms with E-state index in [1.165, 1.54) is 6.07 Å². The molecule has 0 spiro atoms. The van der Waals surface area contributed by atoms with Gasteiger partial charge < -0.3 is 16.2 Å². The maximum atomic E-state index is 12.1. The van der Waals surface area contributed by atoms with Gasteiger partial charge in [0.2, 0.25) is 0 Å². The Kier molecular flexibility index (Phi) is 3.62. The second-order valence-corrected chi connectivity index (χ2v) is 4.54. The summed E-state index contributed by atoms with van der Waals surface area (Å²) in [4.78, 5) is 12.1. The van der Waals surface area contributed by atoms with Crippen LogP contribution in [0.1, 0.15) is 15.9 Å². The van der Waals surface area contributed by atoms with Crippen molar-refractivity contribution in [3.63, 3.8) is 0 Å². The standard InChI is InChI=1S/C14H13ClN2O2/c1-8-4-2-5-9(13(8)18)14(19)17-12-10(15)6-3-7-11(12)16/h2-7,18H,16H2,1H3,(H,17,19). The van der Waals surface area contributed by atoms with E-state index in [-0.39, 0.29) is 11.3 Å². The van der Waals surface area contributed by atoms with Crippen LogP contribution in [-0.4, -0.2) is 11.0 Å². The first kappa shape index (κ1) is 13.2. The number of nitrogen functional groups attached to an aromatic ring is 1. The van der Waals surface area contributed by atoms with Gasteiger partial charge in [-0.1, -0.05) is 29.8 Å². The Morgan fingerprint density at radius 3 is 2.63 bits per heavy atom. The van der Waals surface area contributed by atoms with E-state index in [1.54, 1.807) is 37.3 Å². The zero-order valence-electron chi connectivity index (χ0n) is 10.3. The number of amides is 1. The fraction of sp³-hybridized carbons (Fsp3) is 0.0714. The summed E-state index contributed by atoms with van der Waals surface area (Å²) in [7, 11) is 0. The van der Waals surface area contributed by atoms with Gasteiger partial charge in [-0.15, -0.1) is 0 Å². The molecule has 19 heavy (non-hydrogen) atoms. The monoisotopic (exact) mass is 276 g/mol. The number of para-hydroxylation sites is 2. The number of nitrogens with one attached hydrogen (secondary N) is 1. The van der Waals surface area contributed by atoms with Crippen LogP contribution in [0, 0.1) is 6.92 Å². The number of rotatable bonds is 2. The summed E-state index contributed by atoms with van der Waals surface area (Å²) in [6.45, 7) is 1.72. The van der Waals surface area contributed by atoms with Crippen LogP contribution in [0.5, 0.6) is 5.75 Å². The van der Waals surface area contributed by atoms with Crippen molar-refractivity contribution in [3.8, 4) is 5.75 Å². The summed E-state index contributed by atoms with van der Waals surface area (Å²) in [6, 6.07) is 9.90. The molecule has 0 aromatic heterocycles. The van der Waals surface area contributed by atoms with Crippen molar-refractivity contribution in [1.29, 1.82) is 0 Å². The molecule has 0 radical (unpaired) electrons. The normalized spacial score (nSPS) is 10.2. The van der Waals surface area contributed by atoms with Gasteiger partial charge in [-0.05, 0) is 30.7 Å². The molecule has 4 N–H and O–H groups in total. The fourth-order valence-corrected chi connectivity index (χ4v) is 1.92. The Hall–Kier alpha value is -2.20. The largest absolute Gasteiger partial charge is 0.507 e. The predicted molar refractivity (Wildman–Crippen MR) is 76.7 cm³/mol. The molecular weight excluding hydrogens is 264 g/mol. The number of hydrogen-bond donors (Lipinski definition) is 3. The maximum absolute atomic E-state index is 12.1. The molecule has 0 heterocycles. The number of phenols is 1. The molecule has 0 unspecified atom stereocenters. The minimum absolute atomic E-state index is 0.0503. The van der Waals surface area contributed by atoms with Crippen LogP contribution in [-0.2, 0) is 0 Å². The van der Waals surface area contributed by atoms with Crippen LogP contribution in [0.25, 0.3) is 0 Å². The highest BCUT2D eigenvalue weighted by Gasteiger charge is 2.15. The first-order chi connectivity index (χ1) is 9.00. The smallest absolute Gasteiger partial charge is 0.259 e. The topological polar surface area (TPSA) is 75.4 Å². The first-order valence-electron chi connectivity index (χ1n) is 5.64. The minimum Gasteiger partial charge on any atom is -0.507 e. The van der Waals surface area contributed by atoms with Crippen LogP contribution in [0.2, 0.25) is 5.02 Å². The van der Waals surface area contributed by atoms with E-state index in [0.29, 0.717) is 22.0 Å². The lowest BCUT2D eigenvalue weighted by atomic mass is 10.1. The molecule has 5 heteroatoms. The molecule has 4 nitrogen and oxygen atoms in total. The van der Waals surface area contributed by atoms with E-state index in [9.17, 15) is 9.90 Å². The van der Waals surface area contributed by atoms with Crippen molar-refractivity contribution in [2.45, 2.75) is 6.92 Å². The Morgan fingerprint density at radius 1 is 1.26 bits per heavy atom. The molecule has 0 aliphatic carbocycles. The van der Waals surface area contributed by atoms with E-state index in [4.69, 9.17) is 17.3 Å². The number of nitrogens with two attached hydrogens (primary N) is 1. The Bertz CT molecular complexity index is 621. The summed E-state index contributed by atoms with van der Waals surface area (Å²) >= 11 is 5.97. The summed E-state index contributed by atoms with van der Waals surface area (Å²) in [5, 5.41) is 12.8. The lowest BCUT2D eigenvalue weighted by Gasteiger charge is -2.11. The third kappa shape index (κ3) is 2.63. The van der Waals surface area contributed by atoms with Gasteiger partial charge in [0, 0.05) is 0 Å². The highest BCUT2D eigenvalue weighted by Crippen LogP contribution is 2.29. The molecule has 0 bridgehead atoms. The van der Waals surface area contributed by atoms with E-state index in [1.807, 2.05) is 0 Å². The van der Waals surface area contributed by atoms with Crippen molar-refractivity contribution in [1.82, 2.24) is 0 Å². The highest BCUT2D eigenvalue weighted by molar-refractivity contribution is 6.34. The number of anilines is 2. The molecule has 2 aromatic carbocycles. The number of aryl methyl sites for hydroxylation is 1. The molecule has 0 atom stereocenters. The number of carbonyl (C=O) groups excluding carboxylic acids is 1. The van der Waals surface area contributed by atoms with E-state index < -0.39 is 5.91 Å². The van der Waals surface area contributed by atoms with Crippen molar-refractivity contribution >= 4 is 28.9 Å². The van der Waals surface area contributed by atoms with E-state index in [2.05, 4.69) is 5.32 Å². The summed E-state index contributed by atoms with van der Waals surface area (Å²) in [6.07, 6.45) is 0. The predicted octanol–water partition coefficient (Wildman–Crippen LogP) is 3.19. The van der Waals surface area contributed by atoms with Gasteiger partial charge in [-0.25, -0.2) is 0 Å². The summed E-state index contributed by atoms with van der Waals surface area (Å²) < 4.78 is 0. The molecule has 98 valence electrons. The number of halogens is 1. The van der Waals surface area contributed by atoms with Gasteiger partial charge in [-0.2, -0.15) is 0 Å². The molecule has 2 aromatic rings. The molecule has 0 saturated carbocycles. The number of aromatic hydroxyl groups is 1. The van der Waals surface area contributed by atoms with Crippen molar-refractivity contribution in [2.75, 3.05) is 11.1 Å². The molecule has 2 rings (SSSR count). The number of hydrogen-bond acceptors (Lipinski definition) is 3. The third-order valence-corrected chi connectivity index (χ3v) is 3.08. The second-order valence-electron chi connectivity index (χ2n) is 4.13. The third-order valence-electron chi connectivity index (χ3n) is 2.77. The fourth-order valence-electron chi connectivity index (χ4n) is 1.70. The molecule has 0 saturated heterocycles. The lowest BCUT2D eigenvalue weighted by Crippen LogP contribution is -2.14. The van der Waals surface area contributed by atoms with Crippen molar-refractivity contribution < 1.29 is 9.90 Å². The van der Waals surface area contributed by atoms with Gasteiger partial charge in [0.1, 0.15) is 5.75 Å². The molecule has 1 amide bonds. The van der Waals surface area contributed by atoms with Crippen LogP contribution in [0.3, 0.4) is 0 Å². The highest BCUT2D eigenvalue weighted by atomic mass is 35.5. The van der Waals surface area contributed by atoms with E-state index in [0.717, 1.165) is 0 Å². The zero-order valence-corrected chi connectivity index (χ0v) is 11.0. The van der Waals surface area contributed by atoms with Gasteiger partial charge in [0.25, 0.3) is 5.91 Å². The Labute approximate surface area is 115 Å². The SMILES string of the molecule is Cc1cccc(C(=O)Nc2c(N)cccc2Cl)c1O. The average Bonchev–Trinajstić information content (AvgIpc) is 2.37. The summed E-state index contributed by atoms with van der Waals surface area (Å²) in [5.74, 6) is -0.508. The van der Waals surface area contributed by atoms with Gasteiger partial charge in [0.05, 0.1) is 22.0 Å². The Balaban J connectivity index is 2.34. The van der Waals surface area contributed by atoms with Gasteiger partial charge >= 0.3 is 0 Å². The van der Waals surface area contributed by atoms with Crippen molar-refractivity contribution in [3.05, 3.63) is 52.5 Å². The van der Waals surface area contributed by atoms with Gasteiger partial charge in [0.15, 0.2) is 0 Å². The number of carbonyl (C=O) groups is 1. The molecule has 0 aliphatic rings. The number of benzene rings is 2. The first-order valence-corrected chi connectivity index (χ1v) is 6.02. The quantitative estimate of drug-likeness (QED) is 0.737. The van der Waals surface area contributed by atoms with Gasteiger partial charge in [-0.3, -0.25) is 4.79 Å². The second kappa shape index (κ2) is 5.20. The molecule has 0 fully saturated rings. The van der Waals surface area contributed by atoms with E-state index >= 15 is 0 Å². The summed E-state index contributed by atoms with van der Waals surface area (Å²) in [5.41, 5.74) is 7.27. The minimum atomic E-state index is -0.457. The Morgan fingerprint density at radius 2 is 1.95 bits per heavy atom. The van der Waals surface area contributed by atoms with Crippen LogP contribution in [0.4, 0.5) is 11.4 Å². The van der Waals surface area contributed by atoms with Crippen LogP contribution in [0.15, 0.2) is 36.4 Å². The average molecular weight is 277 g/mol. The lowest BCUT2D eigenvalue weighted by molar-refractivity contribution is 0.102. The van der Waals surface area contributed by atoms with Crippen molar-refractivity contribution in [2.24, 2.45) is 0 Å². The maximum Gasteiger partial charge on any atom is 0.259 e. The molecular formula is C14H13ClN2O2.